The van der Waals surface area contributed by atoms with Gasteiger partial charge in [0.1, 0.15) is 12.6 Å². The van der Waals surface area contributed by atoms with Crippen LogP contribution in [-0.2, 0) is 26.2 Å². The van der Waals surface area contributed by atoms with Crippen LogP contribution in [0.25, 0.3) is 0 Å². The van der Waals surface area contributed by atoms with Crippen LogP contribution in [0.1, 0.15) is 42.5 Å². The molecule has 8 heteroatoms. The van der Waals surface area contributed by atoms with Gasteiger partial charge in [0.2, 0.25) is 11.8 Å². The molecule has 0 aliphatic heterocycles. The lowest BCUT2D eigenvalue weighted by atomic mass is 10.1. The number of carbonyl (C=O) groups excluding carboxylic acids is 2. The standard InChI is InChI=1S/C30H37N3O4S/c1-6-19-31-30(35)25(5)32(20-26-12-8-7-9-13-26)29(34)21-33(28-14-10-11-23(3)24(28)4)38(36,37)27-17-15-22(2)16-18-27/h7-18,25H,6,19-21H2,1-5H3,(H,31,35). The molecule has 3 aromatic carbocycles. The number of anilines is 1. The number of amides is 2. The predicted octanol–water partition coefficient (Wildman–Crippen LogP) is 4.75. The summed E-state index contributed by atoms with van der Waals surface area (Å²) in [6, 6.07) is 20.5. The van der Waals surface area contributed by atoms with Crippen LogP contribution in [0.3, 0.4) is 0 Å². The molecular formula is C30H37N3O4S. The SMILES string of the molecule is CCCNC(=O)C(C)N(Cc1ccccc1)C(=O)CN(c1cccc(C)c1C)S(=O)(=O)c1ccc(C)cc1. The number of hydrogen-bond acceptors (Lipinski definition) is 4. The van der Waals surface area contributed by atoms with Crippen molar-refractivity contribution in [1.82, 2.24) is 10.2 Å². The molecule has 2 amide bonds. The quantitative estimate of drug-likeness (QED) is 0.384. The molecule has 1 N–H and O–H groups in total. The van der Waals surface area contributed by atoms with Crippen LogP contribution in [0.5, 0.6) is 0 Å². The second kappa shape index (κ2) is 12.7. The summed E-state index contributed by atoms with van der Waals surface area (Å²) < 4.78 is 29.1. The van der Waals surface area contributed by atoms with E-state index in [1.807, 2.05) is 64.1 Å². The number of carbonyl (C=O) groups is 2. The molecule has 1 unspecified atom stereocenters. The molecule has 0 aromatic heterocycles. The number of aryl methyl sites for hydroxylation is 2. The van der Waals surface area contributed by atoms with E-state index in [2.05, 4.69) is 5.32 Å². The highest BCUT2D eigenvalue weighted by atomic mass is 32.2. The van der Waals surface area contributed by atoms with Gasteiger partial charge >= 0.3 is 0 Å². The molecule has 0 fully saturated rings. The molecule has 0 spiro atoms. The van der Waals surface area contributed by atoms with Crippen LogP contribution in [0.15, 0.2) is 77.7 Å². The fourth-order valence-electron chi connectivity index (χ4n) is 4.12. The van der Waals surface area contributed by atoms with Crippen molar-refractivity contribution in [3.8, 4) is 0 Å². The van der Waals surface area contributed by atoms with Crippen molar-refractivity contribution in [3.05, 3.63) is 95.1 Å². The molecule has 1 atom stereocenters. The van der Waals surface area contributed by atoms with E-state index in [4.69, 9.17) is 0 Å². The lowest BCUT2D eigenvalue weighted by molar-refractivity contribution is -0.139. The summed E-state index contributed by atoms with van der Waals surface area (Å²) in [6.07, 6.45) is 0.764. The zero-order valence-electron chi connectivity index (χ0n) is 22.8. The lowest BCUT2D eigenvalue weighted by Crippen LogP contribution is -2.51. The number of sulfonamides is 1. The highest BCUT2D eigenvalue weighted by Crippen LogP contribution is 2.29. The van der Waals surface area contributed by atoms with Gasteiger partial charge in [0.25, 0.3) is 10.0 Å². The van der Waals surface area contributed by atoms with Gasteiger partial charge in [0, 0.05) is 13.1 Å². The Labute approximate surface area is 226 Å². The molecule has 0 aliphatic carbocycles. The van der Waals surface area contributed by atoms with E-state index in [1.54, 1.807) is 43.3 Å². The minimum atomic E-state index is -4.09. The molecule has 0 saturated carbocycles. The third kappa shape index (κ3) is 6.81. The van der Waals surface area contributed by atoms with E-state index in [1.165, 1.54) is 4.90 Å². The van der Waals surface area contributed by atoms with E-state index in [0.717, 1.165) is 33.0 Å². The van der Waals surface area contributed by atoms with Crippen LogP contribution >= 0.6 is 0 Å². The summed E-state index contributed by atoms with van der Waals surface area (Å²) in [5, 5.41) is 2.85. The van der Waals surface area contributed by atoms with Crippen LogP contribution < -0.4 is 9.62 Å². The first-order chi connectivity index (χ1) is 18.1. The normalized spacial score (nSPS) is 12.0. The van der Waals surface area contributed by atoms with Crippen molar-refractivity contribution < 1.29 is 18.0 Å². The smallest absolute Gasteiger partial charge is 0.264 e. The number of rotatable bonds is 11. The van der Waals surface area contributed by atoms with Crippen LogP contribution in [0.2, 0.25) is 0 Å². The van der Waals surface area contributed by atoms with E-state index < -0.39 is 28.5 Å². The summed E-state index contributed by atoms with van der Waals surface area (Å²) in [7, 11) is -4.09. The maximum absolute atomic E-state index is 13.9. The molecule has 0 radical (unpaired) electrons. The first-order valence-corrected chi connectivity index (χ1v) is 14.3. The highest BCUT2D eigenvalue weighted by molar-refractivity contribution is 7.92. The Hall–Kier alpha value is -3.65. The summed E-state index contributed by atoms with van der Waals surface area (Å²) in [5.74, 6) is -0.750. The summed E-state index contributed by atoms with van der Waals surface area (Å²) in [5.41, 5.74) is 3.88. The molecule has 0 aliphatic rings. The van der Waals surface area contributed by atoms with Crippen molar-refractivity contribution in [2.24, 2.45) is 0 Å². The average Bonchev–Trinajstić information content (AvgIpc) is 2.91. The molecular weight excluding hydrogens is 498 g/mol. The minimum Gasteiger partial charge on any atom is -0.354 e. The van der Waals surface area contributed by atoms with Crippen molar-refractivity contribution in [2.45, 2.75) is 58.5 Å². The van der Waals surface area contributed by atoms with Crippen molar-refractivity contribution in [2.75, 3.05) is 17.4 Å². The van der Waals surface area contributed by atoms with Gasteiger partial charge in [-0.25, -0.2) is 8.42 Å². The van der Waals surface area contributed by atoms with Gasteiger partial charge in [0.05, 0.1) is 10.6 Å². The van der Waals surface area contributed by atoms with Gasteiger partial charge in [-0.05, 0) is 69.0 Å². The predicted molar refractivity (Wildman–Crippen MR) is 151 cm³/mol. The van der Waals surface area contributed by atoms with Gasteiger partial charge in [0.15, 0.2) is 0 Å². The van der Waals surface area contributed by atoms with Gasteiger partial charge in [-0.1, -0.05) is 67.1 Å². The number of nitrogens with zero attached hydrogens (tertiary/aromatic N) is 2. The molecule has 7 nitrogen and oxygen atoms in total. The van der Waals surface area contributed by atoms with Gasteiger partial charge in [-0.3, -0.25) is 13.9 Å². The Morgan fingerprint density at radius 3 is 2.18 bits per heavy atom. The van der Waals surface area contributed by atoms with Gasteiger partial charge in [-0.2, -0.15) is 0 Å². The maximum Gasteiger partial charge on any atom is 0.264 e. The Bertz CT molecular complexity index is 1360. The molecule has 3 aromatic rings. The second-order valence-electron chi connectivity index (χ2n) is 9.52. The molecule has 0 heterocycles. The third-order valence-electron chi connectivity index (χ3n) is 6.64. The van der Waals surface area contributed by atoms with E-state index in [-0.39, 0.29) is 17.3 Å². The summed E-state index contributed by atoms with van der Waals surface area (Å²) in [4.78, 5) is 28.4. The number of nitrogens with one attached hydrogen (secondary N) is 1. The van der Waals surface area contributed by atoms with Gasteiger partial charge < -0.3 is 10.2 Å². The summed E-state index contributed by atoms with van der Waals surface area (Å²) >= 11 is 0. The molecule has 3 rings (SSSR count). The number of hydrogen-bond donors (Lipinski definition) is 1. The van der Waals surface area contributed by atoms with E-state index in [9.17, 15) is 18.0 Å². The fraction of sp³-hybridized carbons (Fsp3) is 0.333. The summed E-state index contributed by atoms with van der Waals surface area (Å²) in [6.45, 7) is 9.47. The van der Waals surface area contributed by atoms with Crippen molar-refractivity contribution >= 4 is 27.5 Å². The topological polar surface area (TPSA) is 86.8 Å². The van der Waals surface area contributed by atoms with Crippen molar-refractivity contribution in [1.29, 1.82) is 0 Å². The monoisotopic (exact) mass is 535 g/mol. The molecule has 38 heavy (non-hydrogen) atoms. The highest BCUT2D eigenvalue weighted by Gasteiger charge is 2.33. The van der Waals surface area contributed by atoms with Crippen molar-refractivity contribution in [3.63, 3.8) is 0 Å². The fourth-order valence-corrected chi connectivity index (χ4v) is 5.59. The minimum absolute atomic E-state index is 0.0974. The zero-order chi connectivity index (χ0) is 27.9. The maximum atomic E-state index is 13.9. The van der Waals surface area contributed by atoms with Gasteiger partial charge in [-0.15, -0.1) is 0 Å². The molecule has 0 saturated heterocycles. The molecule has 0 bridgehead atoms. The Morgan fingerprint density at radius 1 is 0.895 bits per heavy atom. The van der Waals surface area contributed by atoms with E-state index in [0.29, 0.717) is 12.2 Å². The Kier molecular flexibility index (Phi) is 9.69. The Morgan fingerprint density at radius 2 is 1.55 bits per heavy atom. The first kappa shape index (κ1) is 28.9. The largest absolute Gasteiger partial charge is 0.354 e. The number of benzene rings is 3. The molecule has 202 valence electrons. The first-order valence-electron chi connectivity index (χ1n) is 12.8. The lowest BCUT2D eigenvalue weighted by Gasteiger charge is -2.32. The van der Waals surface area contributed by atoms with Crippen LogP contribution in [0, 0.1) is 20.8 Å². The second-order valence-corrected chi connectivity index (χ2v) is 11.4. The van der Waals surface area contributed by atoms with Crippen LogP contribution in [-0.4, -0.2) is 44.3 Å². The average molecular weight is 536 g/mol. The Balaban J connectivity index is 2.05. The zero-order valence-corrected chi connectivity index (χ0v) is 23.6. The van der Waals surface area contributed by atoms with E-state index >= 15 is 0 Å². The third-order valence-corrected chi connectivity index (χ3v) is 8.42. The van der Waals surface area contributed by atoms with Crippen LogP contribution in [0.4, 0.5) is 5.69 Å².